The average molecular weight is 410 g/mol. The Labute approximate surface area is 171 Å². The van der Waals surface area contributed by atoms with Crippen molar-refractivity contribution in [1.82, 2.24) is 4.31 Å². The standard InChI is InChI=1S/C23H23NO4S/c1-28-21-10-12-22(13-11-21)29(26,27)24-14-4-7-20(16-24)23(25)19-9-8-17-5-2-3-6-18(17)15-19/h2-3,5-6,8-13,15,20H,4,7,14,16H2,1H3/t20-/m1/s1. The Hall–Kier alpha value is -2.70. The smallest absolute Gasteiger partial charge is 0.243 e. The molecule has 1 aliphatic heterocycles. The van der Waals surface area contributed by atoms with Crippen LogP contribution in [0.3, 0.4) is 0 Å². The number of hydrogen-bond donors (Lipinski definition) is 0. The van der Waals surface area contributed by atoms with Gasteiger partial charge in [0.25, 0.3) is 0 Å². The molecule has 1 fully saturated rings. The van der Waals surface area contributed by atoms with Crippen LogP contribution >= 0.6 is 0 Å². The first-order chi connectivity index (χ1) is 14.0. The largest absolute Gasteiger partial charge is 0.497 e. The molecule has 29 heavy (non-hydrogen) atoms. The minimum Gasteiger partial charge on any atom is -0.497 e. The van der Waals surface area contributed by atoms with Gasteiger partial charge in [-0.1, -0.05) is 36.4 Å². The van der Waals surface area contributed by atoms with Crippen LogP contribution in [0.1, 0.15) is 23.2 Å². The highest BCUT2D eigenvalue weighted by Gasteiger charge is 2.33. The van der Waals surface area contributed by atoms with Gasteiger partial charge in [0, 0.05) is 24.6 Å². The van der Waals surface area contributed by atoms with Gasteiger partial charge in [-0.2, -0.15) is 4.31 Å². The lowest BCUT2D eigenvalue weighted by molar-refractivity contribution is 0.0872. The molecule has 3 aromatic carbocycles. The quantitative estimate of drug-likeness (QED) is 0.595. The number of piperidine rings is 1. The summed E-state index contributed by atoms with van der Waals surface area (Å²) in [6.45, 7) is 0.635. The van der Waals surface area contributed by atoms with E-state index in [0.29, 0.717) is 30.7 Å². The molecule has 0 bridgehead atoms. The molecule has 1 heterocycles. The van der Waals surface area contributed by atoms with E-state index in [9.17, 15) is 13.2 Å². The third-order valence-electron chi connectivity index (χ3n) is 5.49. The van der Waals surface area contributed by atoms with E-state index in [1.165, 1.54) is 11.4 Å². The number of carbonyl (C=O) groups excluding carboxylic acids is 1. The molecule has 1 atom stereocenters. The molecule has 0 amide bonds. The number of ketones is 1. The Kier molecular flexibility index (Phi) is 5.39. The fourth-order valence-corrected chi connectivity index (χ4v) is 5.37. The molecular weight excluding hydrogens is 386 g/mol. The highest BCUT2D eigenvalue weighted by molar-refractivity contribution is 7.89. The normalized spacial score (nSPS) is 17.9. The second-order valence-electron chi connectivity index (χ2n) is 7.30. The first-order valence-corrected chi connectivity index (χ1v) is 11.1. The van der Waals surface area contributed by atoms with Crippen LogP contribution in [0.15, 0.2) is 71.6 Å². The monoisotopic (exact) mass is 409 g/mol. The number of carbonyl (C=O) groups is 1. The van der Waals surface area contributed by atoms with E-state index in [1.807, 2.05) is 42.5 Å². The summed E-state index contributed by atoms with van der Waals surface area (Å²) in [6, 6.07) is 19.9. The number of methoxy groups -OCH3 is 1. The lowest BCUT2D eigenvalue weighted by Gasteiger charge is -2.31. The van der Waals surface area contributed by atoms with E-state index in [0.717, 1.165) is 10.8 Å². The zero-order valence-electron chi connectivity index (χ0n) is 16.2. The summed E-state index contributed by atoms with van der Waals surface area (Å²) in [6.07, 6.45) is 1.36. The maximum atomic E-state index is 13.1. The van der Waals surface area contributed by atoms with Gasteiger partial charge in [0.05, 0.1) is 12.0 Å². The molecule has 0 spiro atoms. The van der Waals surface area contributed by atoms with Crippen molar-refractivity contribution in [2.75, 3.05) is 20.2 Å². The van der Waals surface area contributed by atoms with E-state index in [-0.39, 0.29) is 23.1 Å². The van der Waals surface area contributed by atoms with Crippen LogP contribution in [-0.4, -0.2) is 38.7 Å². The summed E-state index contributed by atoms with van der Waals surface area (Å²) < 4.78 is 32.6. The van der Waals surface area contributed by atoms with Crippen LogP contribution in [0.25, 0.3) is 10.8 Å². The molecule has 4 rings (SSSR count). The average Bonchev–Trinajstić information content (AvgIpc) is 2.78. The third-order valence-corrected chi connectivity index (χ3v) is 7.37. The van der Waals surface area contributed by atoms with Crippen LogP contribution < -0.4 is 4.74 Å². The zero-order chi connectivity index (χ0) is 20.4. The fraction of sp³-hybridized carbons (Fsp3) is 0.261. The number of ether oxygens (including phenoxy) is 1. The predicted molar refractivity (Wildman–Crippen MR) is 113 cm³/mol. The van der Waals surface area contributed by atoms with Gasteiger partial charge in [0.15, 0.2) is 5.78 Å². The maximum Gasteiger partial charge on any atom is 0.243 e. The number of sulfonamides is 1. The number of benzene rings is 3. The summed E-state index contributed by atoms with van der Waals surface area (Å²) in [5.41, 5.74) is 0.636. The van der Waals surface area contributed by atoms with Gasteiger partial charge < -0.3 is 4.74 Å². The Bertz CT molecular complexity index is 1140. The Morgan fingerprint density at radius 3 is 2.45 bits per heavy atom. The molecule has 0 aliphatic carbocycles. The van der Waals surface area contributed by atoms with E-state index in [2.05, 4.69) is 0 Å². The van der Waals surface area contributed by atoms with Crippen molar-refractivity contribution in [1.29, 1.82) is 0 Å². The maximum absolute atomic E-state index is 13.1. The second-order valence-corrected chi connectivity index (χ2v) is 9.24. The number of fused-ring (bicyclic) bond motifs is 1. The highest BCUT2D eigenvalue weighted by Crippen LogP contribution is 2.28. The lowest BCUT2D eigenvalue weighted by Crippen LogP contribution is -2.42. The molecule has 0 unspecified atom stereocenters. The SMILES string of the molecule is COc1ccc(S(=O)(=O)N2CCC[C@@H](C(=O)c3ccc4ccccc4c3)C2)cc1. The molecule has 1 saturated heterocycles. The van der Waals surface area contributed by atoms with Crippen molar-refractivity contribution in [2.45, 2.75) is 17.7 Å². The number of nitrogens with zero attached hydrogens (tertiary/aromatic N) is 1. The van der Waals surface area contributed by atoms with Gasteiger partial charge >= 0.3 is 0 Å². The number of Topliss-reactive ketones (excluding diaryl/α,β-unsaturated/α-hetero) is 1. The van der Waals surface area contributed by atoms with Gasteiger partial charge in [-0.25, -0.2) is 8.42 Å². The molecule has 5 nitrogen and oxygen atoms in total. The summed E-state index contributed by atoms with van der Waals surface area (Å²) in [5.74, 6) is 0.273. The number of hydrogen-bond acceptors (Lipinski definition) is 4. The van der Waals surface area contributed by atoms with Gasteiger partial charge in [-0.15, -0.1) is 0 Å². The molecule has 3 aromatic rings. The summed E-state index contributed by atoms with van der Waals surface area (Å²) in [5, 5.41) is 2.09. The lowest BCUT2D eigenvalue weighted by atomic mass is 9.90. The van der Waals surface area contributed by atoms with Crippen LogP contribution in [0.5, 0.6) is 5.75 Å². The van der Waals surface area contributed by atoms with E-state index >= 15 is 0 Å². The first-order valence-electron chi connectivity index (χ1n) is 9.66. The third kappa shape index (κ3) is 3.91. The Morgan fingerprint density at radius 1 is 1.00 bits per heavy atom. The molecule has 0 radical (unpaired) electrons. The van der Waals surface area contributed by atoms with E-state index in [1.54, 1.807) is 24.3 Å². The highest BCUT2D eigenvalue weighted by atomic mass is 32.2. The second kappa shape index (κ2) is 7.97. The summed E-state index contributed by atoms with van der Waals surface area (Å²) >= 11 is 0. The van der Waals surface area contributed by atoms with Gasteiger partial charge in [0.1, 0.15) is 5.75 Å². The van der Waals surface area contributed by atoms with Crippen molar-refractivity contribution < 1.29 is 17.9 Å². The molecule has 0 aromatic heterocycles. The van der Waals surface area contributed by atoms with Crippen molar-refractivity contribution in [3.63, 3.8) is 0 Å². The molecule has 1 aliphatic rings. The molecule has 0 N–H and O–H groups in total. The van der Waals surface area contributed by atoms with E-state index < -0.39 is 10.0 Å². The summed E-state index contributed by atoms with van der Waals surface area (Å²) in [4.78, 5) is 13.3. The van der Waals surface area contributed by atoms with Crippen LogP contribution in [0.2, 0.25) is 0 Å². The fourth-order valence-electron chi connectivity index (χ4n) is 3.85. The topological polar surface area (TPSA) is 63.7 Å². The van der Waals surface area contributed by atoms with Crippen LogP contribution in [0.4, 0.5) is 0 Å². The van der Waals surface area contributed by atoms with Gasteiger partial charge in [0.2, 0.25) is 10.0 Å². The predicted octanol–water partition coefficient (Wildman–Crippen LogP) is 4.13. The minimum atomic E-state index is -3.64. The van der Waals surface area contributed by atoms with Crippen molar-refractivity contribution in [3.8, 4) is 5.75 Å². The molecule has 6 heteroatoms. The molecular formula is C23H23NO4S. The first kappa shape index (κ1) is 19.6. The Morgan fingerprint density at radius 2 is 1.72 bits per heavy atom. The van der Waals surface area contributed by atoms with Gasteiger partial charge in [-0.05, 0) is 53.9 Å². The van der Waals surface area contributed by atoms with Crippen molar-refractivity contribution in [2.24, 2.45) is 5.92 Å². The van der Waals surface area contributed by atoms with Crippen LogP contribution in [0, 0.1) is 5.92 Å². The van der Waals surface area contributed by atoms with Crippen molar-refractivity contribution >= 4 is 26.6 Å². The van der Waals surface area contributed by atoms with Gasteiger partial charge in [-0.3, -0.25) is 4.79 Å². The Balaban J connectivity index is 1.55. The minimum absolute atomic E-state index is 0.00499. The van der Waals surface area contributed by atoms with E-state index in [4.69, 9.17) is 4.74 Å². The zero-order valence-corrected chi connectivity index (χ0v) is 17.1. The number of rotatable bonds is 5. The van der Waals surface area contributed by atoms with Crippen molar-refractivity contribution in [3.05, 3.63) is 72.3 Å². The van der Waals surface area contributed by atoms with Crippen LogP contribution in [-0.2, 0) is 10.0 Å². The molecule has 0 saturated carbocycles. The molecule has 150 valence electrons. The summed E-state index contributed by atoms with van der Waals surface area (Å²) in [7, 11) is -2.11.